The number of H-pyrrole nitrogens is 1. The third kappa shape index (κ3) is 7.34. The number of aromatic amines is 1. The smallest absolute Gasteiger partial charge is 0.405 e. The minimum atomic E-state index is -1.22. The van der Waals surface area contributed by atoms with Crippen LogP contribution >= 0.6 is 0 Å². The molecule has 8 nitrogen and oxygen atoms in total. The molecular weight excluding hydrogens is 562 g/mol. The number of rotatable bonds is 11. The van der Waals surface area contributed by atoms with Crippen LogP contribution in [0, 0.1) is 6.92 Å². The van der Waals surface area contributed by atoms with Crippen LogP contribution in [-0.4, -0.2) is 45.1 Å². The van der Waals surface area contributed by atoms with Crippen molar-refractivity contribution in [1.29, 1.82) is 0 Å². The van der Waals surface area contributed by atoms with Crippen molar-refractivity contribution in [2.45, 2.75) is 54.0 Å². The number of carbonyl (C=O) groups is 2. The van der Waals surface area contributed by atoms with Gasteiger partial charge in [0.2, 0.25) is 5.91 Å². The normalized spacial score (nSPS) is 11.0. The van der Waals surface area contributed by atoms with Crippen LogP contribution < -0.4 is 10.6 Å². The molecule has 5 rings (SSSR count). The summed E-state index contributed by atoms with van der Waals surface area (Å²) in [6, 6.07) is 25.9. The number of aryl methyl sites for hydroxylation is 1. The molecule has 8 heteroatoms. The van der Waals surface area contributed by atoms with E-state index in [1.54, 1.807) is 4.90 Å². The lowest BCUT2D eigenvalue weighted by molar-refractivity contribution is -0.130. The van der Waals surface area contributed by atoms with Gasteiger partial charge in [-0.05, 0) is 103 Å². The highest BCUT2D eigenvalue weighted by Gasteiger charge is 2.16. The Bertz CT molecular complexity index is 1900. The summed E-state index contributed by atoms with van der Waals surface area (Å²) in [6.07, 6.45) is 0.501. The van der Waals surface area contributed by atoms with Crippen molar-refractivity contribution in [3.63, 3.8) is 0 Å². The highest BCUT2D eigenvalue weighted by molar-refractivity contribution is 5.92. The summed E-state index contributed by atoms with van der Waals surface area (Å²) in [5.74, 6) is 0.375. The summed E-state index contributed by atoms with van der Waals surface area (Å²) >= 11 is 0. The minimum absolute atomic E-state index is 0.261. The van der Waals surface area contributed by atoms with Gasteiger partial charge in [-0.3, -0.25) is 4.79 Å². The van der Waals surface area contributed by atoms with E-state index in [1.165, 1.54) is 33.3 Å². The molecule has 2 amide bonds. The van der Waals surface area contributed by atoms with Gasteiger partial charge in [-0.25, -0.2) is 9.78 Å². The first-order chi connectivity index (χ1) is 21.6. The first kappa shape index (κ1) is 31.3. The summed E-state index contributed by atoms with van der Waals surface area (Å²) in [4.78, 5) is 33.0. The van der Waals surface area contributed by atoms with E-state index in [1.807, 2.05) is 13.0 Å². The number of benzene rings is 4. The summed E-state index contributed by atoms with van der Waals surface area (Å²) in [6.45, 7) is 11.1. The quantitative estimate of drug-likeness (QED) is 0.121. The molecule has 0 unspecified atom stereocenters. The molecule has 0 bridgehead atoms. The van der Waals surface area contributed by atoms with Gasteiger partial charge in [0.15, 0.2) is 0 Å². The van der Waals surface area contributed by atoms with Crippen LogP contribution in [0.4, 0.5) is 10.5 Å². The molecule has 5 aromatic rings. The molecule has 0 atom stereocenters. The Kier molecular flexibility index (Phi) is 9.52. The Morgan fingerprint density at radius 3 is 2.11 bits per heavy atom. The summed E-state index contributed by atoms with van der Waals surface area (Å²) in [7, 11) is 0. The van der Waals surface area contributed by atoms with Gasteiger partial charge in [-0.15, -0.1) is 0 Å². The molecule has 4 N–H and O–H groups in total. The number of hydrogen-bond acceptors (Lipinski definition) is 4. The van der Waals surface area contributed by atoms with Crippen molar-refractivity contribution in [1.82, 2.24) is 20.2 Å². The van der Waals surface area contributed by atoms with Crippen LogP contribution in [0.5, 0.6) is 0 Å². The molecule has 1 aromatic heterocycles. The number of hydrogen-bond donors (Lipinski definition) is 4. The number of fused-ring (bicyclic) bond motifs is 2. The van der Waals surface area contributed by atoms with Gasteiger partial charge in [0.05, 0.1) is 17.6 Å². The number of anilines is 1. The molecule has 0 saturated carbocycles. The lowest BCUT2D eigenvalue weighted by Gasteiger charge is -2.20. The van der Waals surface area contributed by atoms with Gasteiger partial charge < -0.3 is 25.6 Å². The molecule has 0 radical (unpaired) electrons. The maximum atomic E-state index is 12.6. The van der Waals surface area contributed by atoms with Crippen molar-refractivity contribution in [2.75, 3.05) is 18.4 Å². The number of carbonyl (C=O) groups excluding carboxylic acids is 1. The predicted molar refractivity (Wildman–Crippen MR) is 183 cm³/mol. The second kappa shape index (κ2) is 13.7. The van der Waals surface area contributed by atoms with E-state index >= 15 is 0 Å². The van der Waals surface area contributed by atoms with Gasteiger partial charge in [-0.1, -0.05) is 61.9 Å². The molecule has 232 valence electrons. The van der Waals surface area contributed by atoms with Crippen LogP contribution in [0.2, 0.25) is 0 Å². The second-order valence-electron chi connectivity index (χ2n) is 11.7. The zero-order chi connectivity index (χ0) is 32.1. The van der Waals surface area contributed by atoms with E-state index in [9.17, 15) is 9.59 Å². The fourth-order valence-electron chi connectivity index (χ4n) is 5.59. The predicted octanol–water partition coefficient (Wildman–Crippen LogP) is 8.48. The van der Waals surface area contributed by atoms with Gasteiger partial charge in [0.25, 0.3) is 0 Å². The highest BCUT2D eigenvalue weighted by atomic mass is 16.4. The van der Waals surface area contributed by atoms with Gasteiger partial charge in [-0.2, -0.15) is 0 Å². The Labute approximate surface area is 264 Å². The van der Waals surface area contributed by atoms with Crippen molar-refractivity contribution in [2.24, 2.45) is 0 Å². The Morgan fingerprint density at radius 2 is 1.49 bits per heavy atom. The fourth-order valence-corrected chi connectivity index (χ4v) is 5.59. The topological polar surface area (TPSA) is 110 Å². The maximum absolute atomic E-state index is 12.6. The van der Waals surface area contributed by atoms with E-state index in [-0.39, 0.29) is 19.0 Å². The van der Waals surface area contributed by atoms with Gasteiger partial charge in [0, 0.05) is 17.9 Å². The Hall–Kier alpha value is -5.11. The standard InChI is InChI=1S/C37H41N5O3/c1-6-16-42(36(43)21-38-37(44)45)22-35-40-32-15-14-30(20-34(32)41-35)28-13-11-25-17-27(12-10-26(25)18-28)29-9-8-24(5)33(19-29)39-31(7-2)23(3)4/h8-15,17-20,38-39H,6-7,16,21-22H2,1-5H3,(H,40,41)(H,44,45). The van der Waals surface area contributed by atoms with Crippen molar-refractivity contribution < 1.29 is 14.7 Å². The number of aromatic nitrogens is 2. The molecule has 0 fully saturated rings. The molecule has 0 saturated heterocycles. The number of nitrogens with one attached hydrogen (secondary N) is 3. The Balaban J connectivity index is 1.37. The third-order valence-electron chi connectivity index (χ3n) is 8.10. The van der Waals surface area contributed by atoms with Crippen LogP contribution in [-0.2, 0) is 11.3 Å². The molecule has 0 aliphatic rings. The minimum Gasteiger partial charge on any atom is -0.465 e. The average molecular weight is 604 g/mol. The average Bonchev–Trinajstić information content (AvgIpc) is 3.44. The fraction of sp³-hybridized carbons (Fsp3) is 0.270. The van der Waals surface area contributed by atoms with E-state index in [0.29, 0.717) is 12.4 Å². The van der Waals surface area contributed by atoms with E-state index in [4.69, 9.17) is 5.11 Å². The molecule has 0 spiro atoms. The number of carboxylic acid groups (broad SMARTS) is 1. The number of imidazole rings is 1. The first-order valence-corrected chi connectivity index (χ1v) is 15.5. The molecule has 0 aliphatic heterocycles. The van der Waals surface area contributed by atoms with Crippen LogP contribution in [0.15, 0.2) is 84.1 Å². The molecule has 1 heterocycles. The molecule has 4 aromatic carbocycles. The largest absolute Gasteiger partial charge is 0.465 e. The SMILES string of the molecule is CCCN(Cc1nc2ccc(-c3ccc4cc(-c5ccc(C)c(NC(CC)=C(C)C)c5)ccc4c3)cc2[nH]1)C(=O)CNC(=O)O. The van der Waals surface area contributed by atoms with E-state index in [2.05, 4.69) is 115 Å². The zero-order valence-corrected chi connectivity index (χ0v) is 26.6. The van der Waals surface area contributed by atoms with E-state index in [0.717, 1.165) is 46.1 Å². The summed E-state index contributed by atoms with van der Waals surface area (Å²) in [5, 5.41) is 17.0. The number of allylic oxidation sites excluding steroid dienone is 2. The maximum Gasteiger partial charge on any atom is 0.405 e. The highest BCUT2D eigenvalue weighted by Crippen LogP contribution is 2.32. The van der Waals surface area contributed by atoms with Gasteiger partial charge in [0.1, 0.15) is 12.4 Å². The van der Waals surface area contributed by atoms with Crippen molar-refractivity contribution in [3.05, 3.63) is 95.5 Å². The summed E-state index contributed by atoms with van der Waals surface area (Å²) in [5.41, 5.74) is 11.1. The van der Waals surface area contributed by atoms with Crippen molar-refractivity contribution in [3.8, 4) is 22.3 Å². The number of nitrogens with zero attached hydrogens (tertiary/aromatic N) is 2. The number of amides is 2. The lowest BCUT2D eigenvalue weighted by atomic mass is 9.96. The van der Waals surface area contributed by atoms with Crippen LogP contribution in [0.3, 0.4) is 0 Å². The van der Waals surface area contributed by atoms with Crippen molar-refractivity contribution >= 4 is 39.5 Å². The molecular formula is C37H41N5O3. The molecule has 45 heavy (non-hydrogen) atoms. The van der Waals surface area contributed by atoms with Crippen LogP contribution in [0.25, 0.3) is 44.1 Å². The van der Waals surface area contributed by atoms with Crippen LogP contribution in [0.1, 0.15) is 51.9 Å². The summed E-state index contributed by atoms with van der Waals surface area (Å²) < 4.78 is 0. The first-order valence-electron chi connectivity index (χ1n) is 15.5. The van der Waals surface area contributed by atoms with E-state index < -0.39 is 6.09 Å². The monoisotopic (exact) mass is 603 g/mol. The molecule has 0 aliphatic carbocycles. The third-order valence-corrected chi connectivity index (χ3v) is 8.10. The zero-order valence-electron chi connectivity index (χ0n) is 26.6. The Morgan fingerprint density at radius 1 is 0.867 bits per heavy atom. The lowest BCUT2D eigenvalue weighted by Crippen LogP contribution is -2.40. The van der Waals surface area contributed by atoms with Gasteiger partial charge >= 0.3 is 6.09 Å². The second-order valence-corrected chi connectivity index (χ2v) is 11.7.